The summed E-state index contributed by atoms with van der Waals surface area (Å²) in [5.41, 5.74) is 3.88. The molecule has 0 spiro atoms. The van der Waals surface area contributed by atoms with Gasteiger partial charge in [-0.3, -0.25) is 4.79 Å². The molecule has 0 unspecified atom stereocenters. The van der Waals surface area contributed by atoms with Gasteiger partial charge < -0.3 is 18.6 Å². The summed E-state index contributed by atoms with van der Waals surface area (Å²) < 4.78 is 21.6. The van der Waals surface area contributed by atoms with E-state index >= 15 is 0 Å². The zero-order valence-electron chi connectivity index (χ0n) is 18.3. The highest BCUT2D eigenvalue weighted by Crippen LogP contribution is 2.20. The molecule has 0 aliphatic carbocycles. The number of aromatic nitrogens is 2. The van der Waals surface area contributed by atoms with Gasteiger partial charge in [-0.2, -0.15) is 5.10 Å². The molecule has 9 heteroatoms. The molecule has 168 valence electrons. The van der Waals surface area contributed by atoms with Crippen LogP contribution in [0.25, 0.3) is 5.69 Å². The number of ether oxygens (including phenoxy) is 3. The molecular weight excluding hydrogens is 416 g/mol. The van der Waals surface area contributed by atoms with Crippen molar-refractivity contribution in [3.05, 3.63) is 70.4 Å². The Morgan fingerprint density at radius 1 is 0.969 bits per heavy atom. The van der Waals surface area contributed by atoms with Crippen molar-refractivity contribution in [3.8, 4) is 5.69 Å². The number of hydrogen-bond acceptors (Lipinski definition) is 8. The number of benzene rings is 1. The average Bonchev–Trinajstić information content (AvgIpc) is 3.39. The van der Waals surface area contributed by atoms with E-state index in [4.69, 9.17) is 13.9 Å². The summed E-state index contributed by atoms with van der Waals surface area (Å²) in [7, 11) is 2.62. The maximum atomic E-state index is 12.3. The van der Waals surface area contributed by atoms with Crippen LogP contribution in [0.1, 0.15) is 50.0 Å². The Hall–Kier alpha value is -3.88. The smallest absolute Gasteiger partial charge is 0.373 e. The van der Waals surface area contributed by atoms with E-state index in [1.807, 2.05) is 13.8 Å². The molecule has 0 saturated carbocycles. The summed E-state index contributed by atoms with van der Waals surface area (Å²) in [6, 6.07) is 9.82. The number of esters is 3. The highest BCUT2D eigenvalue weighted by atomic mass is 16.6. The minimum absolute atomic E-state index is 0.0405. The molecule has 0 radical (unpaired) electrons. The Morgan fingerprint density at radius 2 is 1.69 bits per heavy atom. The molecular formula is C23H24N2O7. The summed E-state index contributed by atoms with van der Waals surface area (Å²) >= 11 is 0. The number of nitrogens with zero attached hydrogens (tertiary/aromatic N) is 2. The Morgan fingerprint density at radius 3 is 2.34 bits per heavy atom. The van der Waals surface area contributed by atoms with Gasteiger partial charge in [-0.25, -0.2) is 14.3 Å². The first kappa shape index (κ1) is 22.8. The maximum absolute atomic E-state index is 12.3. The Kier molecular flexibility index (Phi) is 7.09. The van der Waals surface area contributed by atoms with E-state index in [0.29, 0.717) is 17.7 Å². The molecule has 3 rings (SSSR count). The third kappa shape index (κ3) is 5.05. The third-order valence-corrected chi connectivity index (χ3v) is 4.99. The largest absolute Gasteiger partial charge is 0.469 e. The van der Waals surface area contributed by atoms with Gasteiger partial charge in [0.2, 0.25) is 5.76 Å². The second-order valence-corrected chi connectivity index (χ2v) is 7.02. The Bertz CT molecular complexity index is 1130. The number of methoxy groups -OCH3 is 2. The normalized spacial score (nSPS) is 10.6. The van der Waals surface area contributed by atoms with Crippen molar-refractivity contribution < 1.29 is 33.0 Å². The minimum Gasteiger partial charge on any atom is -0.469 e. The molecule has 2 aromatic heterocycles. The summed E-state index contributed by atoms with van der Waals surface area (Å²) in [6.45, 7) is 3.71. The van der Waals surface area contributed by atoms with E-state index in [1.54, 1.807) is 35.0 Å². The molecule has 0 saturated heterocycles. The Labute approximate surface area is 184 Å². The number of carbonyl (C=O) groups excluding carboxylic acids is 3. The molecule has 0 aliphatic rings. The molecule has 0 aliphatic heterocycles. The fourth-order valence-electron chi connectivity index (χ4n) is 3.24. The fraction of sp³-hybridized carbons (Fsp3) is 0.304. The molecule has 0 amide bonds. The molecule has 1 aromatic carbocycles. The van der Waals surface area contributed by atoms with E-state index in [0.717, 1.165) is 22.6 Å². The lowest BCUT2D eigenvalue weighted by Gasteiger charge is -2.07. The van der Waals surface area contributed by atoms with Crippen LogP contribution < -0.4 is 0 Å². The van der Waals surface area contributed by atoms with Crippen LogP contribution in [0.5, 0.6) is 0 Å². The van der Waals surface area contributed by atoms with E-state index in [1.165, 1.54) is 20.3 Å². The van der Waals surface area contributed by atoms with Crippen LogP contribution in [-0.2, 0) is 32.0 Å². The molecule has 0 bridgehead atoms. The topological polar surface area (TPSA) is 110 Å². The van der Waals surface area contributed by atoms with E-state index in [-0.39, 0.29) is 24.8 Å². The van der Waals surface area contributed by atoms with Gasteiger partial charge in [0.05, 0.1) is 31.2 Å². The number of aryl methyl sites for hydroxylation is 1. The van der Waals surface area contributed by atoms with Crippen molar-refractivity contribution >= 4 is 17.9 Å². The van der Waals surface area contributed by atoms with Gasteiger partial charge in [0.1, 0.15) is 12.4 Å². The van der Waals surface area contributed by atoms with Crippen molar-refractivity contribution in [2.24, 2.45) is 0 Å². The quantitative estimate of drug-likeness (QED) is 0.388. The van der Waals surface area contributed by atoms with Crippen molar-refractivity contribution in [2.75, 3.05) is 14.2 Å². The average molecular weight is 440 g/mol. The monoisotopic (exact) mass is 440 g/mol. The van der Waals surface area contributed by atoms with Crippen LogP contribution in [0.2, 0.25) is 0 Å². The van der Waals surface area contributed by atoms with E-state index in [2.05, 4.69) is 9.84 Å². The van der Waals surface area contributed by atoms with Gasteiger partial charge in [0, 0.05) is 12.1 Å². The van der Waals surface area contributed by atoms with Gasteiger partial charge in [-0.15, -0.1) is 0 Å². The van der Waals surface area contributed by atoms with Crippen LogP contribution in [0.15, 0.2) is 40.8 Å². The molecule has 32 heavy (non-hydrogen) atoms. The molecule has 0 atom stereocenters. The van der Waals surface area contributed by atoms with Gasteiger partial charge in [-0.1, -0.05) is 0 Å². The predicted octanol–water partition coefficient (Wildman–Crippen LogP) is 3.33. The summed E-state index contributed by atoms with van der Waals surface area (Å²) in [4.78, 5) is 35.2. The summed E-state index contributed by atoms with van der Waals surface area (Å²) in [5, 5.41) is 4.56. The first-order valence-corrected chi connectivity index (χ1v) is 9.90. The maximum Gasteiger partial charge on any atom is 0.373 e. The summed E-state index contributed by atoms with van der Waals surface area (Å²) in [5.74, 6) is -1.03. The number of carbonyl (C=O) groups is 3. The minimum atomic E-state index is -0.601. The van der Waals surface area contributed by atoms with E-state index in [9.17, 15) is 14.4 Å². The van der Waals surface area contributed by atoms with Crippen LogP contribution >= 0.6 is 0 Å². The fourth-order valence-corrected chi connectivity index (χ4v) is 3.24. The highest BCUT2D eigenvalue weighted by Gasteiger charge is 2.16. The number of hydrogen-bond donors (Lipinski definition) is 0. The third-order valence-electron chi connectivity index (χ3n) is 4.99. The lowest BCUT2D eigenvalue weighted by molar-refractivity contribution is -0.140. The van der Waals surface area contributed by atoms with Gasteiger partial charge in [0.15, 0.2) is 0 Å². The first-order valence-electron chi connectivity index (χ1n) is 9.90. The standard InChI is InChI=1S/C23H24N2O7/c1-14-19(10-12-21(26)29-3)15(2)25(24-14)17-7-5-16(6-8-17)22(27)31-13-18-9-11-20(32-18)23(28)30-4/h5-9,11H,10,12-13H2,1-4H3. The van der Waals surface area contributed by atoms with Crippen LogP contribution in [0, 0.1) is 13.8 Å². The van der Waals surface area contributed by atoms with Gasteiger partial charge in [-0.05, 0) is 62.2 Å². The van der Waals surface area contributed by atoms with Crippen LogP contribution in [0.4, 0.5) is 0 Å². The zero-order chi connectivity index (χ0) is 23.3. The van der Waals surface area contributed by atoms with Gasteiger partial charge in [0.25, 0.3) is 0 Å². The SMILES string of the molecule is COC(=O)CCc1c(C)nn(-c2ccc(C(=O)OCc3ccc(C(=O)OC)o3)cc2)c1C. The molecule has 0 N–H and O–H groups in total. The second kappa shape index (κ2) is 9.95. The number of furan rings is 1. The van der Waals surface area contributed by atoms with Gasteiger partial charge >= 0.3 is 17.9 Å². The van der Waals surface area contributed by atoms with Crippen molar-refractivity contribution in [1.29, 1.82) is 0 Å². The van der Waals surface area contributed by atoms with E-state index < -0.39 is 11.9 Å². The van der Waals surface area contributed by atoms with Crippen LogP contribution in [-0.4, -0.2) is 41.9 Å². The van der Waals surface area contributed by atoms with Crippen molar-refractivity contribution in [1.82, 2.24) is 9.78 Å². The molecule has 9 nitrogen and oxygen atoms in total. The van der Waals surface area contributed by atoms with Crippen molar-refractivity contribution in [3.63, 3.8) is 0 Å². The van der Waals surface area contributed by atoms with Crippen molar-refractivity contribution in [2.45, 2.75) is 33.3 Å². The van der Waals surface area contributed by atoms with Crippen LogP contribution in [0.3, 0.4) is 0 Å². The second-order valence-electron chi connectivity index (χ2n) is 7.02. The predicted molar refractivity (Wildman–Crippen MR) is 113 cm³/mol. The molecule has 3 aromatic rings. The molecule has 0 fully saturated rings. The lowest BCUT2D eigenvalue weighted by atomic mass is 10.1. The highest BCUT2D eigenvalue weighted by molar-refractivity contribution is 5.89. The molecule has 2 heterocycles. The zero-order valence-corrected chi connectivity index (χ0v) is 18.3. The first-order chi connectivity index (χ1) is 15.3. The Balaban J connectivity index is 1.66. The lowest BCUT2D eigenvalue weighted by Crippen LogP contribution is -2.06. The number of rotatable bonds is 8. The summed E-state index contributed by atoms with van der Waals surface area (Å²) in [6.07, 6.45) is 0.824.